The Balaban J connectivity index is 4.28. The van der Waals surface area contributed by atoms with Gasteiger partial charge >= 0.3 is 11.9 Å². The van der Waals surface area contributed by atoms with Crippen LogP contribution in [0.2, 0.25) is 0 Å². The third kappa shape index (κ3) is 2.85. The zero-order chi connectivity index (χ0) is 9.72. The minimum Gasteiger partial charge on any atom is -0.481 e. The van der Waals surface area contributed by atoms with Gasteiger partial charge < -0.3 is 15.1 Å². The van der Waals surface area contributed by atoms with Crippen molar-refractivity contribution in [3.05, 3.63) is 0 Å². The molecule has 0 aliphatic rings. The Morgan fingerprint density at radius 3 is 2.08 bits per heavy atom. The molecule has 0 unspecified atom stereocenters. The van der Waals surface area contributed by atoms with Crippen LogP contribution in [0.1, 0.15) is 6.92 Å². The minimum atomic E-state index is -1.26. The summed E-state index contributed by atoms with van der Waals surface area (Å²) in [5.74, 6) is -3.49. The first-order valence-corrected chi connectivity index (χ1v) is 3.24. The second-order valence-corrected chi connectivity index (χ2v) is 2.26. The zero-order valence-electron chi connectivity index (χ0n) is 6.77. The van der Waals surface area contributed by atoms with Crippen LogP contribution in [0.25, 0.3) is 0 Å². The van der Waals surface area contributed by atoms with Crippen LogP contribution in [0.15, 0.2) is 0 Å². The highest BCUT2D eigenvalue weighted by Crippen LogP contribution is 2.03. The number of carboxylic acid groups (broad SMARTS) is 2. The molecule has 0 saturated carbocycles. The van der Waals surface area contributed by atoms with E-state index in [1.165, 1.54) is 14.0 Å². The average molecular weight is 177 g/mol. The summed E-state index contributed by atoms with van der Waals surface area (Å²) in [6.07, 6.45) is 0. The molecule has 0 radical (unpaired) electrons. The van der Waals surface area contributed by atoms with Crippen LogP contribution in [-0.4, -0.2) is 35.3 Å². The molecule has 0 bridgehead atoms. The van der Waals surface area contributed by atoms with Crippen LogP contribution in [0.5, 0.6) is 0 Å². The molecule has 12 heavy (non-hydrogen) atoms. The van der Waals surface area contributed by atoms with Crippen molar-refractivity contribution in [2.75, 3.05) is 7.11 Å². The smallest absolute Gasteiger partial charge is 0.323 e. The van der Waals surface area contributed by atoms with Crippen LogP contribution in [-0.2, 0) is 14.4 Å². The standard InChI is InChI=1S/C6H11NO5/c1-3(5(8)9)4(6(10)11)7-12-2/h3-4,7H,1-2H3,(H,8,9)(H,10,11)/t3-,4-/m0/s1. The number of carboxylic acids is 2. The summed E-state index contributed by atoms with van der Waals surface area (Å²) in [6.45, 7) is 1.28. The van der Waals surface area contributed by atoms with Gasteiger partial charge in [0.1, 0.15) is 6.04 Å². The fourth-order valence-corrected chi connectivity index (χ4v) is 0.636. The number of hydrogen-bond donors (Lipinski definition) is 3. The van der Waals surface area contributed by atoms with Crippen molar-refractivity contribution in [2.24, 2.45) is 5.92 Å². The summed E-state index contributed by atoms with van der Waals surface area (Å²) in [7, 11) is 1.23. The van der Waals surface area contributed by atoms with Gasteiger partial charge in [0.15, 0.2) is 0 Å². The van der Waals surface area contributed by atoms with E-state index >= 15 is 0 Å². The number of rotatable bonds is 5. The summed E-state index contributed by atoms with van der Waals surface area (Å²) in [4.78, 5) is 25.1. The lowest BCUT2D eigenvalue weighted by Gasteiger charge is -2.15. The highest BCUT2D eigenvalue weighted by atomic mass is 16.6. The Morgan fingerprint density at radius 2 is 1.83 bits per heavy atom. The number of hydrogen-bond acceptors (Lipinski definition) is 4. The maximum Gasteiger partial charge on any atom is 0.323 e. The van der Waals surface area contributed by atoms with Crippen molar-refractivity contribution in [1.29, 1.82) is 0 Å². The molecule has 2 atom stereocenters. The molecule has 3 N–H and O–H groups in total. The van der Waals surface area contributed by atoms with E-state index in [0.717, 1.165) is 0 Å². The van der Waals surface area contributed by atoms with E-state index < -0.39 is 23.9 Å². The molecule has 0 aliphatic heterocycles. The average Bonchev–Trinajstić information content (AvgIpc) is 1.98. The molecule has 0 aromatic carbocycles. The third-order valence-corrected chi connectivity index (χ3v) is 1.40. The molecule has 6 nitrogen and oxygen atoms in total. The second kappa shape index (κ2) is 4.68. The lowest BCUT2D eigenvalue weighted by molar-refractivity contribution is -0.154. The van der Waals surface area contributed by atoms with Gasteiger partial charge in [-0.25, -0.2) is 0 Å². The van der Waals surface area contributed by atoms with Crippen LogP contribution < -0.4 is 5.48 Å². The van der Waals surface area contributed by atoms with E-state index in [2.05, 4.69) is 10.3 Å². The Labute approximate surface area is 69.1 Å². The van der Waals surface area contributed by atoms with Crippen molar-refractivity contribution in [3.63, 3.8) is 0 Å². The van der Waals surface area contributed by atoms with Gasteiger partial charge in [0, 0.05) is 0 Å². The van der Waals surface area contributed by atoms with Gasteiger partial charge in [-0.1, -0.05) is 0 Å². The van der Waals surface area contributed by atoms with E-state index in [4.69, 9.17) is 10.2 Å². The van der Waals surface area contributed by atoms with Crippen LogP contribution >= 0.6 is 0 Å². The molecule has 0 saturated heterocycles. The Hall–Kier alpha value is -1.14. The largest absolute Gasteiger partial charge is 0.481 e. The normalized spacial score (nSPS) is 15.2. The van der Waals surface area contributed by atoms with Crippen molar-refractivity contribution in [2.45, 2.75) is 13.0 Å². The molecule has 0 amide bonds. The Kier molecular flexibility index (Phi) is 4.24. The fourth-order valence-electron chi connectivity index (χ4n) is 0.636. The first kappa shape index (κ1) is 10.9. The van der Waals surface area contributed by atoms with Crippen molar-refractivity contribution in [3.8, 4) is 0 Å². The SMILES string of the molecule is CON[C@H](C(=O)O)[C@H](C)C(=O)O. The predicted molar refractivity (Wildman–Crippen MR) is 38.4 cm³/mol. The van der Waals surface area contributed by atoms with Gasteiger partial charge in [-0.3, -0.25) is 9.59 Å². The highest BCUT2D eigenvalue weighted by Gasteiger charge is 2.29. The van der Waals surface area contributed by atoms with E-state index in [1.54, 1.807) is 0 Å². The summed E-state index contributed by atoms with van der Waals surface area (Å²) < 4.78 is 0. The third-order valence-electron chi connectivity index (χ3n) is 1.40. The first-order chi connectivity index (χ1) is 5.50. The van der Waals surface area contributed by atoms with Crippen LogP contribution in [0.3, 0.4) is 0 Å². The minimum absolute atomic E-state index is 1.04. The number of hydroxylamine groups is 1. The van der Waals surface area contributed by atoms with Gasteiger partial charge in [0.2, 0.25) is 0 Å². The van der Waals surface area contributed by atoms with Gasteiger partial charge in [-0.05, 0) is 6.92 Å². The molecule has 0 aromatic heterocycles. The van der Waals surface area contributed by atoms with E-state index in [9.17, 15) is 9.59 Å². The molecule has 0 fully saturated rings. The lowest BCUT2D eigenvalue weighted by Crippen LogP contribution is -2.44. The maximum absolute atomic E-state index is 10.4. The molecule has 70 valence electrons. The van der Waals surface area contributed by atoms with Gasteiger partial charge in [-0.15, -0.1) is 0 Å². The number of aliphatic carboxylic acids is 2. The van der Waals surface area contributed by atoms with E-state index in [0.29, 0.717) is 0 Å². The quantitative estimate of drug-likeness (QED) is 0.481. The van der Waals surface area contributed by atoms with Crippen molar-refractivity contribution >= 4 is 11.9 Å². The van der Waals surface area contributed by atoms with Gasteiger partial charge in [-0.2, -0.15) is 5.48 Å². The molecule has 6 heteroatoms. The van der Waals surface area contributed by atoms with E-state index in [1.807, 2.05) is 0 Å². The molecule has 0 aliphatic carbocycles. The van der Waals surface area contributed by atoms with Crippen molar-refractivity contribution < 1.29 is 24.6 Å². The van der Waals surface area contributed by atoms with Gasteiger partial charge in [0.25, 0.3) is 0 Å². The summed E-state index contributed by atoms with van der Waals surface area (Å²) >= 11 is 0. The molecule has 0 heterocycles. The summed E-state index contributed by atoms with van der Waals surface area (Å²) in [5, 5.41) is 17.0. The fraction of sp³-hybridized carbons (Fsp3) is 0.667. The Bertz CT molecular complexity index is 181. The molecular weight excluding hydrogens is 166 g/mol. The molecule has 0 spiro atoms. The maximum atomic E-state index is 10.4. The van der Waals surface area contributed by atoms with E-state index in [-0.39, 0.29) is 0 Å². The number of carbonyl (C=O) groups is 2. The van der Waals surface area contributed by atoms with Crippen molar-refractivity contribution in [1.82, 2.24) is 5.48 Å². The highest BCUT2D eigenvalue weighted by molar-refractivity contribution is 5.82. The monoisotopic (exact) mass is 177 g/mol. The topological polar surface area (TPSA) is 95.9 Å². The number of nitrogens with one attached hydrogen (secondary N) is 1. The van der Waals surface area contributed by atoms with Gasteiger partial charge in [0.05, 0.1) is 13.0 Å². The first-order valence-electron chi connectivity index (χ1n) is 3.24. The summed E-state index contributed by atoms with van der Waals surface area (Å²) in [6, 6.07) is -1.23. The molecular formula is C6H11NO5. The lowest BCUT2D eigenvalue weighted by atomic mass is 10.0. The molecule has 0 aromatic rings. The molecule has 0 rings (SSSR count). The second-order valence-electron chi connectivity index (χ2n) is 2.26. The predicted octanol–water partition coefficient (Wildman–Crippen LogP) is -0.689. The van der Waals surface area contributed by atoms with Crippen LogP contribution in [0, 0.1) is 5.92 Å². The zero-order valence-corrected chi connectivity index (χ0v) is 6.77. The Morgan fingerprint density at radius 1 is 1.33 bits per heavy atom. The van der Waals surface area contributed by atoms with Crippen LogP contribution in [0.4, 0.5) is 0 Å². The summed E-state index contributed by atoms with van der Waals surface area (Å²) in [5.41, 5.74) is 2.08.